The van der Waals surface area contributed by atoms with Gasteiger partial charge in [0, 0.05) is 10.1 Å². The molecule has 0 aromatic heterocycles. The Labute approximate surface area is 106 Å². The molecule has 86 valence electrons. The van der Waals surface area contributed by atoms with Crippen molar-refractivity contribution in [2.75, 3.05) is 11.4 Å². The molecule has 1 atom stereocenters. The topological polar surface area (TPSA) is 40.5 Å². The summed E-state index contributed by atoms with van der Waals surface area (Å²) >= 11 is 2.01. The lowest BCUT2D eigenvalue weighted by Gasteiger charge is -2.30. The smallest absolute Gasteiger partial charge is 0.255 e. The van der Waals surface area contributed by atoms with E-state index in [0.29, 0.717) is 19.4 Å². The number of nitrogens with zero attached hydrogens (tertiary/aromatic N) is 1. The molecule has 1 heterocycles. The number of aliphatic hydroxyl groups is 1. The van der Waals surface area contributed by atoms with E-state index < -0.39 is 17.8 Å². The second kappa shape index (κ2) is 4.67. The van der Waals surface area contributed by atoms with Gasteiger partial charge in [0.05, 0.1) is 5.69 Å². The van der Waals surface area contributed by atoms with E-state index in [4.69, 9.17) is 0 Å². The summed E-state index contributed by atoms with van der Waals surface area (Å²) in [5, 5.41) is 9.44. The monoisotopic (exact) mass is 335 g/mol. The number of carbonyl (C=O) groups is 1. The van der Waals surface area contributed by atoms with E-state index >= 15 is 0 Å². The second-order valence-electron chi connectivity index (χ2n) is 3.74. The summed E-state index contributed by atoms with van der Waals surface area (Å²) in [4.78, 5) is 13.0. The van der Waals surface area contributed by atoms with E-state index in [1.54, 1.807) is 12.1 Å². The van der Waals surface area contributed by atoms with Crippen LogP contribution in [0.1, 0.15) is 12.8 Å². The molecule has 1 fully saturated rings. The minimum absolute atomic E-state index is 0.254. The van der Waals surface area contributed by atoms with Crippen molar-refractivity contribution in [2.24, 2.45) is 0 Å². The third-order valence-electron chi connectivity index (χ3n) is 2.61. The Morgan fingerprint density at radius 1 is 1.50 bits per heavy atom. The van der Waals surface area contributed by atoms with Crippen molar-refractivity contribution in [2.45, 2.75) is 18.9 Å². The van der Waals surface area contributed by atoms with Gasteiger partial charge in [-0.25, -0.2) is 4.39 Å². The number of halogens is 2. The molecular weight excluding hydrogens is 324 g/mol. The van der Waals surface area contributed by atoms with Crippen LogP contribution in [-0.4, -0.2) is 23.7 Å². The summed E-state index contributed by atoms with van der Waals surface area (Å²) < 4.78 is 14.4. The van der Waals surface area contributed by atoms with Gasteiger partial charge in [-0.15, -0.1) is 0 Å². The van der Waals surface area contributed by atoms with Gasteiger partial charge >= 0.3 is 0 Å². The molecule has 1 saturated heterocycles. The summed E-state index contributed by atoms with van der Waals surface area (Å²) in [5.41, 5.74) is 0.254. The fourth-order valence-electron chi connectivity index (χ4n) is 1.80. The minimum Gasteiger partial charge on any atom is -0.383 e. The van der Waals surface area contributed by atoms with Gasteiger partial charge in [0.25, 0.3) is 5.91 Å². The lowest BCUT2D eigenvalue weighted by molar-refractivity contribution is -0.128. The first-order valence-electron chi connectivity index (χ1n) is 5.04. The van der Waals surface area contributed by atoms with Crippen LogP contribution < -0.4 is 4.90 Å². The van der Waals surface area contributed by atoms with Crippen LogP contribution in [0, 0.1) is 9.39 Å². The van der Waals surface area contributed by atoms with Gasteiger partial charge in [-0.1, -0.05) is 0 Å². The summed E-state index contributed by atoms with van der Waals surface area (Å²) in [6, 6.07) is 4.70. The van der Waals surface area contributed by atoms with Crippen LogP contribution in [0.5, 0.6) is 0 Å². The Morgan fingerprint density at radius 3 is 2.94 bits per heavy atom. The normalized spacial score (nSPS) is 21.3. The number of rotatable bonds is 1. The van der Waals surface area contributed by atoms with Crippen LogP contribution in [0.15, 0.2) is 18.2 Å². The van der Waals surface area contributed by atoms with Gasteiger partial charge in [0.15, 0.2) is 0 Å². The number of hydrogen-bond acceptors (Lipinski definition) is 2. The highest BCUT2D eigenvalue weighted by molar-refractivity contribution is 14.1. The molecule has 1 aromatic carbocycles. The second-order valence-corrected chi connectivity index (χ2v) is 4.99. The van der Waals surface area contributed by atoms with Gasteiger partial charge < -0.3 is 10.0 Å². The van der Waals surface area contributed by atoms with Crippen molar-refractivity contribution in [3.8, 4) is 0 Å². The molecule has 1 N–H and O–H groups in total. The molecule has 3 nitrogen and oxygen atoms in total. The van der Waals surface area contributed by atoms with Gasteiger partial charge in [-0.2, -0.15) is 0 Å². The number of hydrogen-bond donors (Lipinski definition) is 1. The zero-order valence-corrected chi connectivity index (χ0v) is 10.6. The molecule has 0 aliphatic carbocycles. The maximum absolute atomic E-state index is 13.7. The molecule has 0 spiro atoms. The van der Waals surface area contributed by atoms with Crippen LogP contribution in [0.3, 0.4) is 0 Å². The summed E-state index contributed by atoms with van der Waals surface area (Å²) in [7, 11) is 0. The average molecular weight is 335 g/mol. The van der Waals surface area contributed by atoms with E-state index in [2.05, 4.69) is 0 Å². The van der Waals surface area contributed by atoms with Crippen LogP contribution >= 0.6 is 22.6 Å². The molecule has 1 aliphatic heterocycles. The van der Waals surface area contributed by atoms with Gasteiger partial charge in [-0.05, 0) is 53.6 Å². The highest BCUT2D eigenvalue weighted by Gasteiger charge is 2.29. The van der Waals surface area contributed by atoms with Crippen LogP contribution in [-0.2, 0) is 4.79 Å². The van der Waals surface area contributed by atoms with Crippen molar-refractivity contribution in [3.05, 3.63) is 27.6 Å². The lowest BCUT2D eigenvalue weighted by atomic mass is 10.1. The average Bonchev–Trinajstić information content (AvgIpc) is 2.23. The standard InChI is InChI=1S/C11H11FINO2/c12-8-6-7(13)3-4-9(8)14-5-1-2-10(15)11(14)16/h3-4,6,10,15H,1-2,5H2. The predicted octanol–water partition coefficient (Wildman–Crippen LogP) is 1.92. The van der Waals surface area contributed by atoms with Crippen LogP contribution in [0.2, 0.25) is 0 Å². The molecule has 16 heavy (non-hydrogen) atoms. The van der Waals surface area contributed by atoms with E-state index in [-0.39, 0.29) is 5.69 Å². The Morgan fingerprint density at radius 2 is 2.25 bits per heavy atom. The number of piperidine rings is 1. The maximum Gasteiger partial charge on any atom is 0.255 e. The van der Waals surface area contributed by atoms with E-state index in [0.717, 1.165) is 3.57 Å². The summed E-state index contributed by atoms with van der Waals surface area (Å²) in [5.74, 6) is -0.833. The minimum atomic E-state index is -0.993. The Kier molecular flexibility index (Phi) is 3.44. The molecule has 1 aromatic rings. The Hall–Kier alpha value is -0.690. The number of anilines is 1. The molecule has 1 amide bonds. The molecule has 2 rings (SSSR count). The van der Waals surface area contributed by atoms with E-state index in [9.17, 15) is 14.3 Å². The number of carbonyl (C=O) groups excluding carboxylic acids is 1. The maximum atomic E-state index is 13.7. The zero-order chi connectivity index (χ0) is 11.7. The van der Waals surface area contributed by atoms with Crippen molar-refractivity contribution < 1.29 is 14.3 Å². The van der Waals surface area contributed by atoms with Gasteiger partial charge in [-0.3, -0.25) is 4.79 Å². The molecule has 0 saturated carbocycles. The van der Waals surface area contributed by atoms with Crippen molar-refractivity contribution in [3.63, 3.8) is 0 Å². The van der Waals surface area contributed by atoms with Gasteiger partial charge in [0.2, 0.25) is 0 Å². The van der Waals surface area contributed by atoms with Crippen LogP contribution in [0.25, 0.3) is 0 Å². The van der Waals surface area contributed by atoms with Crippen LogP contribution in [0.4, 0.5) is 10.1 Å². The Bertz CT molecular complexity index is 424. The van der Waals surface area contributed by atoms with Gasteiger partial charge in [0.1, 0.15) is 11.9 Å². The largest absolute Gasteiger partial charge is 0.383 e. The summed E-state index contributed by atoms with van der Waals surface area (Å²) in [6.45, 7) is 0.466. The molecule has 5 heteroatoms. The third kappa shape index (κ3) is 2.20. The molecule has 1 aliphatic rings. The van der Waals surface area contributed by atoms with E-state index in [1.807, 2.05) is 22.6 Å². The molecule has 0 bridgehead atoms. The fourth-order valence-corrected chi connectivity index (χ4v) is 2.25. The molecule has 1 unspecified atom stereocenters. The van der Waals surface area contributed by atoms with E-state index in [1.165, 1.54) is 11.0 Å². The molecular formula is C11H11FINO2. The highest BCUT2D eigenvalue weighted by atomic mass is 127. The SMILES string of the molecule is O=C1C(O)CCCN1c1ccc(I)cc1F. The highest BCUT2D eigenvalue weighted by Crippen LogP contribution is 2.25. The van der Waals surface area contributed by atoms with Crippen molar-refractivity contribution in [1.29, 1.82) is 0 Å². The van der Waals surface area contributed by atoms with Crippen molar-refractivity contribution >= 4 is 34.2 Å². The molecule has 0 radical (unpaired) electrons. The number of benzene rings is 1. The lowest BCUT2D eigenvalue weighted by Crippen LogP contribution is -2.44. The first-order chi connectivity index (χ1) is 7.59. The number of amides is 1. The summed E-state index contributed by atoms with van der Waals surface area (Å²) in [6.07, 6.45) is 0.159. The Balaban J connectivity index is 2.32. The third-order valence-corrected chi connectivity index (χ3v) is 3.28. The first-order valence-corrected chi connectivity index (χ1v) is 6.12. The first kappa shape index (κ1) is 11.8. The fraction of sp³-hybridized carbons (Fsp3) is 0.364. The predicted molar refractivity (Wildman–Crippen MR) is 66.7 cm³/mol. The number of aliphatic hydroxyl groups excluding tert-OH is 1. The van der Waals surface area contributed by atoms with Crippen molar-refractivity contribution in [1.82, 2.24) is 0 Å². The quantitative estimate of drug-likeness (QED) is 0.797. The zero-order valence-electron chi connectivity index (χ0n) is 8.49.